The maximum atomic E-state index is 13.4. The molecule has 4 rings (SSSR count). The Hall–Kier alpha value is -3.20. The van der Waals surface area contributed by atoms with Crippen molar-refractivity contribution in [3.05, 3.63) is 48.4 Å². The second-order valence-electron chi connectivity index (χ2n) is 6.88. The van der Waals surface area contributed by atoms with E-state index in [2.05, 4.69) is 21.0 Å². The number of aromatic nitrogens is 3. The van der Waals surface area contributed by atoms with Crippen molar-refractivity contribution in [2.75, 3.05) is 11.9 Å². The molecule has 0 atom stereocenters. The number of hydrogen-bond donors (Lipinski definition) is 2. The Kier molecular flexibility index (Phi) is 4.83. The van der Waals surface area contributed by atoms with Gasteiger partial charge in [0.05, 0.1) is 16.1 Å². The number of rotatable bonds is 4. The molecule has 0 saturated carbocycles. The van der Waals surface area contributed by atoms with Crippen LogP contribution in [-0.4, -0.2) is 41.6 Å². The second kappa shape index (κ2) is 7.32. The van der Waals surface area contributed by atoms with Crippen molar-refractivity contribution >= 4 is 38.4 Å². The van der Waals surface area contributed by atoms with Crippen molar-refractivity contribution in [2.45, 2.75) is 35.5 Å². The molecule has 150 valence electrons. The van der Waals surface area contributed by atoms with E-state index in [0.717, 1.165) is 36.2 Å². The van der Waals surface area contributed by atoms with Crippen LogP contribution in [0.4, 0.5) is 10.6 Å². The summed E-state index contributed by atoms with van der Waals surface area (Å²) in [5.41, 5.74) is 2.24. The molecular weight excluding hydrogens is 392 g/mol. The zero-order valence-electron chi connectivity index (χ0n) is 15.8. The first-order valence-electron chi connectivity index (χ1n) is 9.24. The fraction of sp³-hybridized carbons (Fsp3) is 0.250. The molecule has 0 saturated heterocycles. The number of H-pyrrole nitrogens is 1. The van der Waals surface area contributed by atoms with Crippen molar-refractivity contribution in [2.24, 2.45) is 0 Å². The molecule has 8 nitrogen and oxygen atoms in total. The van der Waals surface area contributed by atoms with Gasteiger partial charge in [0.15, 0.2) is 0 Å². The second-order valence-corrected chi connectivity index (χ2v) is 8.77. The highest BCUT2D eigenvalue weighted by Gasteiger charge is 2.32. The van der Waals surface area contributed by atoms with Gasteiger partial charge in [-0.15, -0.1) is 0 Å². The highest BCUT2D eigenvalue weighted by molar-refractivity contribution is 7.92. The molecular formula is C20H20N4O4S. The normalized spacial score (nSPS) is 14.6. The van der Waals surface area contributed by atoms with Gasteiger partial charge in [-0.3, -0.25) is 4.90 Å². The van der Waals surface area contributed by atoms with Crippen molar-refractivity contribution < 1.29 is 18.3 Å². The number of anilines is 1. The van der Waals surface area contributed by atoms with Crippen molar-refractivity contribution in [1.82, 2.24) is 15.0 Å². The van der Waals surface area contributed by atoms with E-state index < -0.39 is 15.9 Å². The first-order valence-corrected chi connectivity index (χ1v) is 10.7. The predicted octanol–water partition coefficient (Wildman–Crippen LogP) is 3.86. The Labute approximate surface area is 167 Å². The molecule has 3 aromatic rings. The standard InChI is InChI=1S/C20H20N4O4S/c1-24(20(25)26)19-18(29(27,28)14-10-6-3-7-11-14)17-16(23-19)15(21-12-22-17)13-8-4-2-5-9-13/h3,6-8,10-12,23H,2,4-5,9H2,1H3,(H,25,26). The van der Waals surface area contributed by atoms with E-state index >= 15 is 0 Å². The van der Waals surface area contributed by atoms with Crippen LogP contribution in [0.5, 0.6) is 0 Å². The summed E-state index contributed by atoms with van der Waals surface area (Å²) in [6.45, 7) is 0. The zero-order chi connectivity index (χ0) is 20.6. The van der Waals surface area contributed by atoms with E-state index in [1.165, 1.54) is 25.5 Å². The number of nitrogens with zero attached hydrogens (tertiary/aromatic N) is 3. The predicted molar refractivity (Wildman–Crippen MR) is 109 cm³/mol. The maximum Gasteiger partial charge on any atom is 0.412 e. The number of allylic oxidation sites excluding steroid dienone is 2. The summed E-state index contributed by atoms with van der Waals surface area (Å²) in [6, 6.07) is 7.91. The van der Waals surface area contributed by atoms with Crippen LogP contribution < -0.4 is 4.90 Å². The summed E-state index contributed by atoms with van der Waals surface area (Å²) >= 11 is 0. The number of amides is 1. The minimum atomic E-state index is -4.02. The zero-order valence-corrected chi connectivity index (χ0v) is 16.6. The Morgan fingerprint density at radius 2 is 1.93 bits per heavy atom. The molecule has 0 fully saturated rings. The molecule has 0 bridgehead atoms. The molecule has 2 N–H and O–H groups in total. The van der Waals surface area contributed by atoms with E-state index in [0.29, 0.717) is 11.2 Å². The van der Waals surface area contributed by atoms with Gasteiger partial charge < -0.3 is 10.1 Å². The van der Waals surface area contributed by atoms with Crippen LogP contribution in [0.1, 0.15) is 31.4 Å². The van der Waals surface area contributed by atoms with Gasteiger partial charge in [0.2, 0.25) is 9.84 Å². The Morgan fingerprint density at radius 1 is 1.17 bits per heavy atom. The summed E-state index contributed by atoms with van der Waals surface area (Å²) in [4.78, 5) is 24.0. The number of benzene rings is 1. The van der Waals surface area contributed by atoms with Crippen molar-refractivity contribution in [1.29, 1.82) is 0 Å². The molecule has 1 amide bonds. The molecule has 29 heavy (non-hydrogen) atoms. The molecule has 0 spiro atoms. The molecule has 2 aromatic heterocycles. The molecule has 0 aliphatic heterocycles. The van der Waals surface area contributed by atoms with Gasteiger partial charge in [0.1, 0.15) is 22.6 Å². The highest BCUT2D eigenvalue weighted by atomic mass is 32.2. The van der Waals surface area contributed by atoms with Gasteiger partial charge in [-0.1, -0.05) is 24.3 Å². The van der Waals surface area contributed by atoms with Gasteiger partial charge in [-0.05, 0) is 43.4 Å². The smallest absolute Gasteiger partial charge is 0.412 e. The average molecular weight is 412 g/mol. The first kappa shape index (κ1) is 19.1. The van der Waals surface area contributed by atoms with E-state index in [9.17, 15) is 18.3 Å². The summed E-state index contributed by atoms with van der Waals surface area (Å²) < 4.78 is 26.9. The largest absolute Gasteiger partial charge is 0.465 e. The topological polar surface area (TPSA) is 116 Å². The summed E-state index contributed by atoms with van der Waals surface area (Å²) in [5.74, 6) is -0.0467. The van der Waals surface area contributed by atoms with Gasteiger partial charge in [0.25, 0.3) is 0 Å². The molecule has 1 aliphatic carbocycles. The lowest BCUT2D eigenvalue weighted by Gasteiger charge is -2.13. The molecule has 1 aliphatic rings. The van der Waals surface area contributed by atoms with Crippen molar-refractivity contribution in [3.63, 3.8) is 0 Å². The number of sulfone groups is 1. The molecule has 2 heterocycles. The maximum absolute atomic E-state index is 13.4. The molecule has 1 aromatic carbocycles. The Morgan fingerprint density at radius 3 is 2.59 bits per heavy atom. The van der Waals surface area contributed by atoms with Gasteiger partial charge in [-0.25, -0.2) is 23.2 Å². The third kappa shape index (κ3) is 3.27. The van der Waals surface area contributed by atoms with Crippen LogP contribution in [0.3, 0.4) is 0 Å². The average Bonchev–Trinajstić information content (AvgIpc) is 3.14. The lowest BCUT2D eigenvalue weighted by Crippen LogP contribution is -2.25. The lowest BCUT2D eigenvalue weighted by atomic mass is 9.96. The van der Waals surface area contributed by atoms with E-state index in [1.807, 2.05) is 0 Å². The van der Waals surface area contributed by atoms with Gasteiger partial charge >= 0.3 is 6.09 Å². The van der Waals surface area contributed by atoms with Crippen LogP contribution in [-0.2, 0) is 9.84 Å². The summed E-state index contributed by atoms with van der Waals surface area (Å²) in [7, 11) is -2.73. The Bertz CT molecular complexity index is 1220. The van der Waals surface area contributed by atoms with Crippen molar-refractivity contribution in [3.8, 4) is 0 Å². The minimum absolute atomic E-state index is 0.0467. The summed E-state index contributed by atoms with van der Waals surface area (Å²) in [6.07, 6.45) is 6.02. The number of aromatic amines is 1. The van der Waals surface area contributed by atoms with Gasteiger partial charge in [0, 0.05) is 7.05 Å². The minimum Gasteiger partial charge on any atom is -0.465 e. The fourth-order valence-electron chi connectivity index (χ4n) is 3.56. The summed E-state index contributed by atoms with van der Waals surface area (Å²) in [5, 5.41) is 9.50. The van der Waals surface area contributed by atoms with E-state index in [1.54, 1.807) is 18.2 Å². The van der Waals surface area contributed by atoms with Crippen LogP contribution >= 0.6 is 0 Å². The van der Waals surface area contributed by atoms with Gasteiger partial charge in [-0.2, -0.15) is 0 Å². The number of nitrogens with one attached hydrogen (secondary N) is 1. The first-order chi connectivity index (χ1) is 13.9. The SMILES string of the molecule is CN(C(=O)O)c1[nH]c2c(C3=CCCCC3)ncnc2c1S(=O)(=O)c1ccccc1. The van der Waals surface area contributed by atoms with Crippen LogP contribution in [0.25, 0.3) is 16.6 Å². The van der Waals surface area contributed by atoms with Crippen LogP contribution in [0.2, 0.25) is 0 Å². The number of carboxylic acid groups (broad SMARTS) is 1. The Balaban J connectivity index is 2.03. The quantitative estimate of drug-likeness (QED) is 0.672. The van der Waals surface area contributed by atoms with Crippen LogP contribution in [0, 0.1) is 0 Å². The number of fused-ring (bicyclic) bond motifs is 1. The monoisotopic (exact) mass is 412 g/mol. The third-order valence-electron chi connectivity index (χ3n) is 5.06. The van der Waals surface area contributed by atoms with Crippen LogP contribution in [0.15, 0.2) is 52.5 Å². The fourth-order valence-corrected chi connectivity index (χ4v) is 5.17. The highest BCUT2D eigenvalue weighted by Crippen LogP contribution is 2.38. The molecule has 0 radical (unpaired) electrons. The van der Waals surface area contributed by atoms with E-state index in [-0.39, 0.29) is 21.1 Å². The van der Waals surface area contributed by atoms with E-state index in [4.69, 9.17) is 0 Å². The number of carbonyl (C=O) groups is 1. The molecule has 0 unspecified atom stereocenters. The lowest BCUT2D eigenvalue weighted by molar-refractivity contribution is 0.203. The third-order valence-corrected chi connectivity index (χ3v) is 6.88. The number of hydrogen-bond acceptors (Lipinski definition) is 5. The molecule has 9 heteroatoms.